The van der Waals surface area contributed by atoms with Gasteiger partial charge in [0.05, 0.1) is 10.6 Å². The summed E-state index contributed by atoms with van der Waals surface area (Å²) in [5, 5.41) is 2.75. The zero-order valence-corrected chi connectivity index (χ0v) is 13.1. The minimum absolute atomic E-state index is 0.0218. The van der Waals surface area contributed by atoms with Gasteiger partial charge in [-0.2, -0.15) is 0 Å². The standard InChI is InChI=1S/C17H19NO3S/c19-17(18-13-11-15-7-3-1-4-8-15)12-14-22(20,21)16-9-5-2-6-10-16/h1-10H,11-14H2,(H,18,19). The van der Waals surface area contributed by atoms with Gasteiger partial charge in [-0.15, -0.1) is 0 Å². The van der Waals surface area contributed by atoms with E-state index in [9.17, 15) is 13.2 Å². The lowest BCUT2D eigenvalue weighted by atomic mass is 10.1. The molecule has 0 aromatic heterocycles. The molecule has 116 valence electrons. The van der Waals surface area contributed by atoms with Crippen molar-refractivity contribution < 1.29 is 13.2 Å². The van der Waals surface area contributed by atoms with Gasteiger partial charge in [0.15, 0.2) is 9.84 Å². The molecule has 0 unspecified atom stereocenters. The number of benzene rings is 2. The third kappa shape index (κ3) is 5.00. The van der Waals surface area contributed by atoms with Gasteiger partial charge in [0.25, 0.3) is 0 Å². The van der Waals surface area contributed by atoms with Crippen LogP contribution in [-0.2, 0) is 21.1 Å². The quantitative estimate of drug-likeness (QED) is 0.851. The Kier molecular flexibility index (Phi) is 5.72. The van der Waals surface area contributed by atoms with E-state index in [0.29, 0.717) is 6.54 Å². The van der Waals surface area contributed by atoms with Crippen molar-refractivity contribution in [2.45, 2.75) is 17.7 Å². The van der Waals surface area contributed by atoms with Gasteiger partial charge in [-0.25, -0.2) is 8.42 Å². The van der Waals surface area contributed by atoms with Crippen LogP contribution in [0.15, 0.2) is 65.6 Å². The molecule has 4 nitrogen and oxygen atoms in total. The Morgan fingerprint density at radius 1 is 0.909 bits per heavy atom. The molecule has 0 heterocycles. The molecular formula is C17H19NO3S. The number of carbonyl (C=O) groups excluding carboxylic acids is 1. The molecule has 1 N–H and O–H groups in total. The number of nitrogens with one attached hydrogen (secondary N) is 1. The normalized spacial score (nSPS) is 11.1. The lowest BCUT2D eigenvalue weighted by molar-refractivity contribution is -0.120. The molecule has 2 aromatic rings. The summed E-state index contributed by atoms with van der Waals surface area (Å²) in [6.07, 6.45) is 0.712. The smallest absolute Gasteiger partial charge is 0.221 e. The molecule has 0 fully saturated rings. The Hall–Kier alpha value is -2.14. The number of hydrogen-bond acceptors (Lipinski definition) is 3. The summed E-state index contributed by atoms with van der Waals surface area (Å²) >= 11 is 0. The van der Waals surface area contributed by atoms with E-state index in [1.165, 1.54) is 0 Å². The molecule has 1 amide bonds. The van der Waals surface area contributed by atoms with E-state index in [1.54, 1.807) is 30.3 Å². The van der Waals surface area contributed by atoms with Gasteiger partial charge in [-0.05, 0) is 24.1 Å². The van der Waals surface area contributed by atoms with Crippen LogP contribution in [0.2, 0.25) is 0 Å². The van der Waals surface area contributed by atoms with E-state index >= 15 is 0 Å². The zero-order chi connectivity index (χ0) is 15.8. The predicted octanol–water partition coefficient (Wildman–Crippen LogP) is 2.21. The van der Waals surface area contributed by atoms with E-state index in [1.807, 2.05) is 30.3 Å². The SMILES string of the molecule is O=C(CCS(=O)(=O)c1ccccc1)NCCc1ccccc1. The molecular weight excluding hydrogens is 298 g/mol. The lowest BCUT2D eigenvalue weighted by Gasteiger charge is -2.06. The Morgan fingerprint density at radius 2 is 1.50 bits per heavy atom. The average molecular weight is 317 g/mol. The van der Waals surface area contributed by atoms with E-state index in [2.05, 4.69) is 5.32 Å². The van der Waals surface area contributed by atoms with Gasteiger partial charge in [0, 0.05) is 13.0 Å². The molecule has 0 atom stereocenters. The first kappa shape index (κ1) is 16.2. The molecule has 5 heteroatoms. The van der Waals surface area contributed by atoms with Crippen molar-refractivity contribution >= 4 is 15.7 Å². The number of rotatable bonds is 7. The van der Waals surface area contributed by atoms with Crippen molar-refractivity contribution in [3.63, 3.8) is 0 Å². The van der Waals surface area contributed by atoms with Crippen LogP contribution in [0.4, 0.5) is 0 Å². The number of sulfone groups is 1. The monoisotopic (exact) mass is 317 g/mol. The highest BCUT2D eigenvalue weighted by atomic mass is 32.2. The van der Waals surface area contributed by atoms with E-state index in [4.69, 9.17) is 0 Å². The van der Waals surface area contributed by atoms with Crippen LogP contribution in [0, 0.1) is 0 Å². The second-order valence-corrected chi connectivity index (χ2v) is 7.08. The first-order chi connectivity index (χ1) is 10.6. The summed E-state index contributed by atoms with van der Waals surface area (Å²) in [4.78, 5) is 12.0. The topological polar surface area (TPSA) is 63.2 Å². The second kappa shape index (κ2) is 7.75. The number of carbonyl (C=O) groups is 1. The molecule has 0 spiro atoms. The summed E-state index contributed by atoms with van der Waals surface area (Å²) in [5.74, 6) is -0.413. The highest BCUT2D eigenvalue weighted by molar-refractivity contribution is 7.91. The average Bonchev–Trinajstić information content (AvgIpc) is 2.55. The molecule has 0 saturated carbocycles. The molecule has 22 heavy (non-hydrogen) atoms. The van der Waals surface area contributed by atoms with Gasteiger partial charge in [-0.3, -0.25) is 4.79 Å². The maximum atomic E-state index is 12.1. The molecule has 0 radical (unpaired) electrons. The fourth-order valence-corrected chi connectivity index (χ4v) is 3.31. The summed E-state index contributed by atoms with van der Waals surface area (Å²) in [7, 11) is -3.39. The molecule has 2 aromatic carbocycles. The van der Waals surface area contributed by atoms with Crippen molar-refractivity contribution in [1.29, 1.82) is 0 Å². The van der Waals surface area contributed by atoms with Crippen molar-refractivity contribution in [3.05, 3.63) is 66.2 Å². The second-order valence-electron chi connectivity index (χ2n) is 4.97. The Labute approximate surface area is 131 Å². The predicted molar refractivity (Wildman–Crippen MR) is 86.3 cm³/mol. The fraction of sp³-hybridized carbons (Fsp3) is 0.235. The van der Waals surface area contributed by atoms with Crippen molar-refractivity contribution in [2.24, 2.45) is 0 Å². The molecule has 0 bridgehead atoms. The molecule has 0 saturated heterocycles. The van der Waals surface area contributed by atoms with Crippen LogP contribution in [-0.4, -0.2) is 26.6 Å². The largest absolute Gasteiger partial charge is 0.356 e. The lowest BCUT2D eigenvalue weighted by Crippen LogP contribution is -2.27. The first-order valence-corrected chi connectivity index (χ1v) is 8.81. The van der Waals surface area contributed by atoms with Crippen LogP contribution in [0.3, 0.4) is 0 Å². The number of hydrogen-bond donors (Lipinski definition) is 1. The minimum atomic E-state index is -3.39. The van der Waals surface area contributed by atoms with Gasteiger partial charge in [-0.1, -0.05) is 48.5 Å². The van der Waals surface area contributed by atoms with Crippen LogP contribution in [0.1, 0.15) is 12.0 Å². The maximum absolute atomic E-state index is 12.1. The zero-order valence-electron chi connectivity index (χ0n) is 12.2. The van der Waals surface area contributed by atoms with Gasteiger partial charge in [0.2, 0.25) is 5.91 Å². The van der Waals surface area contributed by atoms with Crippen LogP contribution < -0.4 is 5.32 Å². The summed E-state index contributed by atoms with van der Waals surface area (Å²) < 4.78 is 24.1. The van der Waals surface area contributed by atoms with E-state index < -0.39 is 9.84 Å². The Morgan fingerprint density at radius 3 is 2.14 bits per heavy atom. The molecule has 2 rings (SSSR count). The van der Waals surface area contributed by atoms with Crippen LogP contribution in [0.25, 0.3) is 0 Å². The molecule has 0 aliphatic rings. The molecule has 0 aliphatic heterocycles. The highest BCUT2D eigenvalue weighted by Gasteiger charge is 2.15. The Bertz CT molecular complexity index is 697. The fourth-order valence-electron chi connectivity index (χ4n) is 2.05. The molecule has 0 aliphatic carbocycles. The van der Waals surface area contributed by atoms with Crippen molar-refractivity contribution in [3.8, 4) is 0 Å². The summed E-state index contributed by atoms with van der Waals surface area (Å²) in [5.41, 5.74) is 1.14. The minimum Gasteiger partial charge on any atom is -0.356 e. The van der Waals surface area contributed by atoms with Gasteiger partial charge in [0.1, 0.15) is 0 Å². The van der Waals surface area contributed by atoms with Crippen molar-refractivity contribution in [2.75, 3.05) is 12.3 Å². The third-order valence-corrected chi connectivity index (χ3v) is 5.01. The highest BCUT2D eigenvalue weighted by Crippen LogP contribution is 2.10. The van der Waals surface area contributed by atoms with Gasteiger partial charge >= 0.3 is 0 Å². The first-order valence-electron chi connectivity index (χ1n) is 7.16. The van der Waals surface area contributed by atoms with E-state index in [-0.39, 0.29) is 23.0 Å². The number of amides is 1. The van der Waals surface area contributed by atoms with Crippen molar-refractivity contribution in [1.82, 2.24) is 5.32 Å². The van der Waals surface area contributed by atoms with Crippen LogP contribution >= 0.6 is 0 Å². The Balaban J connectivity index is 1.76. The third-order valence-electron chi connectivity index (χ3n) is 3.28. The summed E-state index contributed by atoms with van der Waals surface area (Å²) in [6.45, 7) is 0.508. The van der Waals surface area contributed by atoms with E-state index in [0.717, 1.165) is 12.0 Å². The van der Waals surface area contributed by atoms with Crippen LogP contribution in [0.5, 0.6) is 0 Å². The maximum Gasteiger partial charge on any atom is 0.221 e. The van der Waals surface area contributed by atoms with Gasteiger partial charge < -0.3 is 5.32 Å². The summed E-state index contributed by atoms with van der Waals surface area (Å²) in [6, 6.07) is 18.0.